The van der Waals surface area contributed by atoms with Crippen molar-refractivity contribution >= 4 is 28.0 Å². The number of benzene rings is 2. The maximum atomic E-state index is 5.44. The molecular weight excluding hydrogens is 322 g/mol. The molecule has 0 bridgehead atoms. The first kappa shape index (κ1) is 16.9. The molecule has 134 valence electrons. The van der Waals surface area contributed by atoms with Gasteiger partial charge in [0.2, 0.25) is 0 Å². The largest absolute Gasteiger partial charge is 0.378 e. The SMILES string of the molecule is Cc1cc(C)c2nc(C)cc(Nc3ccc(N4CCOCC4)cc3)c2c1. The van der Waals surface area contributed by atoms with Gasteiger partial charge in [-0.15, -0.1) is 0 Å². The van der Waals surface area contributed by atoms with E-state index in [0.29, 0.717) is 0 Å². The van der Waals surface area contributed by atoms with Crippen LogP contribution in [0.2, 0.25) is 0 Å². The van der Waals surface area contributed by atoms with Crippen molar-refractivity contribution in [2.45, 2.75) is 20.8 Å². The first-order chi connectivity index (χ1) is 12.6. The molecule has 26 heavy (non-hydrogen) atoms. The van der Waals surface area contributed by atoms with Crippen LogP contribution in [0.3, 0.4) is 0 Å². The lowest BCUT2D eigenvalue weighted by Crippen LogP contribution is -2.36. The van der Waals surface area contributed by atoms with E-state index >= 15 is 0 Å². The molecule has 1 aromatic heterocycles. The standard InChI is InChI=1S/C22H25N3O/c1-15-12-16(2)22-20(13-15)21(14-17(3)23-22)24-18-4-6-19(7-5-18)25-8-10-26-11-9-25/h4-7,12-14H,8-11H2,1-3H3,(H,23,24). The molecule has 2 heterocycles. The maximum Gasteiger partial charge on any atom is 0.0755 e. The summed E-state index contributed by atoms with van der Waals surface area (Å²) in [5.41, 5.74) is 8.02. The zero-order valence-corrected chi connectivity index (χ0v) is 15.7. The zero-order valence-electron chi connectivity index (χ0n) is 15.7. The van der Waals surface area contributed by atoms with Gasteiger partial charge in [-0.3, -0.25) is 4.98 Å². The molecule has 0 amide bonds. The molecular formula is C22H25N3O. The summed E-state index contributed by atoms with van der Waals surface area (Å²) in [4.78, 5) is 7.10. The van der Waals surface area contributed by atoms with E-state index in [1.807, 2.05) is 6.92 Å². The van der Waals surface area contributed by atoms with Crippen LogP contribution in [-0.4, -0.2) is 31.3 Å². The summed E-state index contributed by atoms with van der Waals surface area (Å²) >= 11 is 0. The molecule has 4 heteroatoms. The van der Waals surface area contributed by atoms with Gasteiger partial charge >= 0.3 is 0 Å². The van der Waals surface area contributed by atoms with Gasteiger partial charge in [-0.1, -0.05) is 11.6 Å². The number of anilines is 3. The van der Waals surface area contributed by atoms with Crippen LogP contribution >= 0.6 is 0 Å². The molecule has 0 unspecified atom stereocenters. The van der Waals surface area contributed by atoms with Gasteiger partial charge < -0.3 is 15.0 Å². The van der Waals surface area contributed by atoms with Crippen molar-refractivity contribution in [3.8, 4) is 0 Å². The van der Waals surface area contributed by atoms with E-state index in [9.17, 15) is 0 Å². The minimum atomic E-state index is 0.807. The molecule has 4 nitrogen and oxygen atoms in total. The number of aryl methyl sites for hydroxylation is 3. The number of ether oxygens (including phenoxy) is 1. The minimum Gasteiger partial charge on any atom is -0.378 e. The van der Waals surface area contributed by atoms with E-state index in [1.54, 1.807) is 0 Å². The van der Waals surface area contributed by atoms with Crippen LogP contribution in [0.4, 0.5) is 17.1 Å². The number of pyridine rings is 1. The van der Waals surface area contributed by atoms with Crippen LogP contribution in [0, 0.1) is 20.8 Å². The molecule has 2 aromatic carbocycles. The van der Waals surface area contributed by atoms with E-state index in [1.165, 1.54) is 22.2 Å². The van der Waals surface area contributed by atoms with E-state index in [4.69, 9.17) is 9.72 Å². The molecule has 0 aliphatic carbocycles. The Bertz CT molecular complexity index is 928. The molecule has 0 radical (unpaired) electrons. The van der Waals surface area contributed by atoms with Crippen molar-refractivity contribution in [1.29, 1.82) is 0 Å². The third-order valence-corrected chi connectivity index (χ3v) is 4.90. The fraction of sp³-hybridized carbons (Fsp3) is 0.318. The van der Waals surface area contributed by atoms with Crippen molar-refractivity contribution in [2.24, 2.45) is 0 Å². The second kappa shape index (κ2) is 6.96. The molecule has 1 fully saturated rings. The van der Waals surface area contributed by atoms with Crippen molar-refractivity contribution in [3.63, 3.8) is 0 Å². The average Bonchev–Trinajstić information content (AvgIpc) is 2.64. The number of morpholine rings is 1. The smallest absolute Gasteiger partial charge is 0.0755 e. The summed E-state index contributed by atoms with van der Waals surface area (Å²) in [6, 6.07) is 15.2. The molecule has 4 rings (SSSR count). The molecule has 3 aromatic rings. The highest BCUT2D eigenvalue weighted by atomic mass is 16.5. The quantitative estimate of drug-likeness (QED) is 0.742. The first-order valence-corrected chi connectivity index (χ1v) is 9.18. The lowest BCUT2D eigenvalue weighted by atomic mass is 10.0. The molecule has 0 spiro atoms. The van der Waals surface area contributed by atoms with Gasteiger partial charge in [-0.05, 0) is 62.7 Å². The van der Waals surface area contributed by atoms with Crippen LogP contribution < -0.4 is 10.2 Å². The Balaban J connectivity index is 1.64. The molecule has 1 aliphatic rings. The molecule has 1 N–H and O–H groups in total. The monoisotopic (exact) mass is 347 g/mol. The van der Waals surface area contributed by atoms with E-state index in [2.05, 4.69) is 66.5 Å². The Hall–Kier alpha value is -2.59. The summed E-state index contributed by atoms with van der Waals surface area (Å²) in [5, 5.41) is 4.76. The number of nitrogens with one attached hydrogen (secondary N) is 1. The normalized spacial score (nSPS) is 14.7. The summed E-state index contributed by atoms with van der Waals surface area (Å²) < 4.78 is 5.44. The third-order valence-electron chi connectivity index (χ3n) is 4.90. The fourth-order valence-electron chi connectivity index (χ4n) is 3.65. The lowest BCUT2D eigenvalue weighted by Gasteiger charge is -2.29. The number of rotatable bonds is 3. The van der Waals surface area contributed by atoms with Crippen molar-refractivity contribution in [2.75, 3.05) is 36.5 Å². The van der Waals surface area contributed by atoms with Crippen molar-refractivity contribution in [3.05, 3.63) is 59.3 Å². The maximum absolute atomic E-state index is 5.44. The van der Waals surface area contributed by atoms with Crippen LogP contribution in [0.25, 0.3) is 10.9 Å². The highest BCUT2D eigenvalue weighted by molar-refractivity contribution is 5.95. The minimum absolute atomic E-state index is 0.807. The van der Waals surface area contributed by atoms with Crippen molar-refractivity contribution in [1.82, 2.24) is 4.98 Å². The molecule has 1 saturated heterocycles. The van der Waals surface area contributed by atoms with Crippen LogP contribution in [0.1, 0.15) is 16.8 Å². The fourth-order valence-corrected chi connectivity index (χ4v) is 3.65. The topological polar surface area (TPSA) is 37.4 Å². The Kier molecular flexibility index (Phi) is 4.51. The predicted molar refractivity (Wildman–Crippen MR) is 109 cm³/mol. The molecule has 0 saturated carbocycles. The Morgan fingerprint density at radius 3 is 2.42 bits per heavy atom. The third kappa shape index (κ3) is 3.37. The number of nitrogens with zero attached hydrogens (tertiary/aromatic N) is 2. The van der Waals surface area contributed by atoms with Crippen LogP contribution in [0.5, 0.6) is 0 Å². The van der Waals surface area contributed by atoms with Crippen LogP contribution in [-0.2, 0) is 4.74 Å². The number of fused-ring (bicyclic) bond motifs is 1. The van der Waals surface area contributed by atoms with E-state index in [0.717, 1.165) is 48.9 Å². The summed E-state index contributed by atoms with van der Waals surface area (Å²) in [7, 11) is 0. The van der Waals surface area contributed by atoms with Gasteiger partial charge in [-0.25, -0.2) is 0 Å². The van der Waals surface area contributed by atoms with Gasteiger partial charge in [0.1, 0.15) is 0 Å². The average molecular weight is 347 g/mol. The van der Waals surface area contributed by atoms with Gasteiger partial charge in [0.05, 0.1) is 18.7 Å². The van der Waals surface area contributed by atoms with Crippen LogP contribution in [0.15, 0.2) is 42.5 Å². The summed E-state index contributed by atoms with van der Waals surface area (Å²) in [6.07, 6.45) is 0. The van der Waals surface area contributed by atoms with E-state index in [-0.39, 0.29) is 0 Å². The Morgan fingerprint density at radius 2 is 1.69 bits per heavy atom. The van der Waals surface area contributed by atoms with Crippen molar-refractivity contribution < 1.29 is 4.74 Å². The number of hydrogen-bond donors (Lipinski definition) is 1. The van der Waals surface area contributed by atoms with Gasteiger partial charge in [-0.2, -0.15) is 0 Å². The van der Waals surface area contributed by atoms with Gasteiger partial charge in [0.25, 0.3) is 0 Å². The summed E-state index contributed by atoms with van der Waals surface area (Å²) in [6.45, 7) is 9.84. The second-order valence-electron chi connectivity index (χ2n) is 7.06. The Labute approximate surface area is 154 Å². The second-order valence-corrected chi connectivity index (χ2v) is 7.06. The number of aromatic nitrogens is 1. The van der Waals surface area contributed by atoms with Gasteiger partial charge in [0, 0.05) is 41.2 Å². The van der Waals surface area contributed by atoms with E-state index < -0.39 is 0 Å². The first-order valence-electron chi connectivity index (χ1n) is 9.18. The predicted octanol–water partition coefficient (Wildman–Crippen LogP) is 4.74. The number of hydrogen-bond acceptors (Lipinski definition) is 4. The molecule has 0 atom stereocenters. The lowest BCUT2D eigenvalue weighted by molar-refractivity contribution is 0.122. The zero-order chi connectivity index (χ0) is 18.1. The summed E-state index contributed by atoms with van der Waals surface area (Å²) in [5.74, 6) is 0. The highest BCUT2D eigenvalue weighted by Crippen LogP contribution is 2.30. The Morgan fingerprint density at radius 1 is 0.962 bits per heavy atom. The molecule has 1 aliphatic heterocycles. The van der Waals surface area contributed by atoms with Gasteiger partial charge in [0.15, 0.2) is 0 Å². The highest BCUT2D eigenvalue weighted by Gasteiger charge is 2.11.